The molecular formula is C7H16N2O3. The normalized spacial score (nSPS) is 15.6. The monoisotopic (exact) mass is 176 g/mol. The van der Waals surface area contributed by atoms with Gasteiger partial charge >= 0.3 is 0 Å². The first-order valence-electron chi connectivity index (χ1n) is 3.87. The topological polar surface area (TPSA) is 95.6 Å². The van der Waals surface area contributed by atoms with Crippen LogP contribution in [0.15, 0.2) is 0 Å². The molecule has 0 radical (unpaired) electrons. The molecule has 12 heavy (non-hydrogen) atoms. The Morgan fingerprint density at radius 1 is 1.58 bits per heavy atom. The van der Waals surface area contributed by atoms with E-state index >= 15 is 0 Å². The number of nitrogens with one attached hydrogen (secondary N) is 1. The average Bonchev–Trinajstić information content (AvgIpc) is 2.03. The number of hydrogen-bond donors (Lipinski definition) is 4. The van der Waals surface area contributed by atoms with Crippen molar-refractivity contribution >= 4 is 5.91 Å². The number of carbonyl (C=O) groups is 1. The number of aliphatic hydroxyl groups excluding tert-OH is 2. The molecule has 5 nitrogen and oxygen atoms in total. The molecule has 0 aromatic carbocycles. The molecule has 0 aromatic heterocycles. The summed E-state index contributed by atoms with van der Waals surface area (Å²) in [4.78, 5) is 10.3. The smallest absolute Gasteiger partial charge is 0.247 e. The summed E-state index contributed by atoms with van der Waals surface area (Å²) in [6.45, 7) is 2.63. The first-order chi connectivity index (χ1) is 5.57. The molecule has 5 N–H and O–H groups in total. The Morgan fingerprint density at radius 2 is 2.17 bits per heavy atom. The van der Waals surface area contributed by atoms with Crippen LogP contribution in [0.25, 0.3) is 0 Å². The molecule has 0 aromatic rings. The van der Waals surface area contributed by atoms with Gasteiger partial charge < -0.3 is 21.3 Å². The highest BCUT2D eigenvalue weighted by Gasteiger charge is 2.09. The second-order valence-electron chi connectivity index (χ2n) is 2.86. The van der Waals surface area contributed by atoms with E-state index in [4.69, 9.17) is 15.9 Å². The quantitative estimate of drug-likeness (QED) is 0.378. The van der Waals surface area contributed by atoms with Gasteiger partial charge in [-0.25, -0.2) is 0 Å². The average molecular weight is 176 g/mol. The van der Waals surface area contributed by atoms with Crippen LogP contribution in [0, 0.1) is 5.92 Å². The lowest BCUT2D eigenvalue weighted by Gasteiger charge is -2.11. The molecule has 0 aliphatic rings. The first kappa shape index (κ1) is 11.4. The van der Waals surface area contributed by atoms with Gasteiger partial charge in [-0.3, -0.25) is 4.79 Å². The van der Waals surface area contributed by atoms with Gasteiger partial charge in [-0.05, 0) is 5.92 Å². The van der Waals surface area contributed by atoms with Crippen molar-refractivity contribution in [2.24, 2.45) is 11.7 Å². The van der Waals surface area contributed by atoms with E-state index in [2.05, 4.69) is 5.32 Å². The van der Waals surface area contributed by atoms with Crippen molar-refractivity contribution in [2.45, 2.75) is 13.0 Å². The molecule has 1 amide bonds. The van der Waals surface area contributed by atoms with Crippen molar-refractivity contribution in [2.75, 3.05) is 19.7 Å². The summed E-state index contributed by atoms with van der Waals surface area (Å²) in [7, 11) is 0. The van der Waals surface area contributed by atoms with Crippen molar-refractivity contribution in [3.8, 4) is 0 Å². The lowest BCUT2D eigenvalue weighted by Crippen LogP contribution is -2.39. The SMILES string of the molecule is CC(CO)CNCC(O)C(N)=O. The van der Waals surface area contributed by atoms with E-state index < -0.39 is 12.0 Å². The van der Waals surface area contributed by atoms with Gasteiger partial charge in [0.05, 0.1) is 0 Å². The van der Waals surface area contributed by atoms with E-state index in [-0.39, 0.29) is 19.1 Å². The van der Waals surface area contributed by atoms with Gasteiger partial charge in [-0.2, -0.15) is 0 Å². The zero-order chi connectivity index (χ0) is 9.56. The zero-order valence-electron chi connectivity index (χ0n) is 7.16. The fourth-order valence-corrected chi connectivity index (χ4v) is 0.632. The molecule has 0 saturated heterocycles. The first-order valence-corrected chi connectivity index (χ1v) is 3.87. The molecule has 0 spiro atoms. The van der Waals surface area contributed by atoms with E-state index in [9.17, 15) is 4.79 Å². The van der Waals surface area contributed by atoms with Crippen LogP contribution in [0.5, 0.6) is 0 Å². The molecule has 0 fully saturated rings. The lowest BCUT2D eigenvalue weighted by molar-refractivity contribution is -0.125. The molecule has 0 bridgehead atoms. The molecule has 72 valence electrons. The molecule has 0 rings (SSSR count). The minimum atomic E-state index is -1.14. The molecule has 0 heterocycles. The van der Waals surface area contributed by atoms with E-state index in [1.54, 1.807) is 0 Å². The van der Waals surface area contributed by atoms with Gasteiger partial charge in [-0.15, -0.1) is 0 Å². The standard InChI is InChI=1S/C7H16N2O3/c1-5(4-10)2-9-3-6(11)7(8)12/h5-6,9-11H,2-4H2,1H3,(H2,8,12). The minimum Gasteiger partial charge on any atom is -0.396 e. The van der Waals surface area contributed by atoms with Crippen molar-refractivity contribution in [1.82, 2.24) is 5.32 Å². The number of carbonyl (C=O) groups excluding carboxylic acids is 1. The maximum atomic E-state index is 10.3. The van der Waals surface area contributed by atoms with Gasteiger partial charge in [0.1, 0.15) is 6.10 Å². The second-order valence-corrected chi connectivity index (χ2v) is 2.86. The molecular weight excluding hydrogens is 160 g/mol. The van der Waals surface area contributed by atoms with Crippen molar-refractivity contribution < 1.29 is 15.0 Å². The summed E-state index contributed by atoms with van der Waals surface area (Å²) in [5.41, 5.74) is 4.81. The molecule has 2 unspecified atom stereocenters. The van der Waals surface area contributed by atoms with Crippen LogP contribution in [-0.4, -0.2) is 41.9 Å². The summed E-state index contributed by atoms with van der Waals surface area (Å²) < 4.78 is 0. The molecule has 2 atom stereocenters. The van der Waals surface area contributed by atoms with Crippen LogP contribution in [0.3, 0.4) is 0 Å². The van der Waals surface area contributed by atoms with Gasteiger partial charge in [0.25, 0.3) is 0 Å². The van der Waals surface area contributed by atoms with E-state index in [0.717, 1.165) is 0 Å². The lowest BCUT2D eigenvalue weighted by atomic mass is 10.2. The van der Waals surface area contributed by atoms with Crippen LogP contribution >= 0.6 is 0 Å². The fourth-order valence-electron chi connectivity index (χ4n) is 0.632. The van der Waals surface area contributed by atoms with Crippen LogP contribution in [0.4, 0.5) is 0 Å². The largest absolute Gasteiger partial charge is 0.396 e. The van der Waals surface area contributed by atoms with Gasteiger partial charge in [0.15, 0.2) is 0 Å². The molecule has 0 saturated carbocycles. The van der Waals surface area contributed by atoms with Crippen molar-refractivity contribution in [1.29, 1.82) is 0 Å². The van der Waals surface area contributed by atoms with E-state index in [1.807, 2.05) is 6.92 Å². The highest BCUT2D eigenvalue weighted by Crippen LogP contribution is 1.88. The Balaban J connectivity index is 3.37. The summed E-state index contributed by atoms with van der Waals surface area (Å²) in [6.07, 6.45) is -1.14. The number of hydrogen-bond acceptors (Lipinski definition) is 4. The van der Waals surface area contributed by atoms with Crippen LogP contribution in [-0.2, 0) is 4.79 Å². The Labute approximate surface area is 71.6 Å². The number of rotatable bonds is 6. The van der Waals surface area contributed by atoms with Crippen LogP contribution < -0.4 is 11.1 Å². The summed E-state index contributed by atoms with van der Waals surface area (Å²) in [5.74, 6) is -0.621. The number of primary amides is 1. The Bertz CT molecular complexity index is 141. The van der Waals surface area contributed by atoms with E-state index in [1.165, 1.54) is 0 Å². The van der Waals surface area contributed by atoms with Gasteiger partial charge in [-0.1, -0.05) is 6.92 Å². The predicted octanol–water partition coefficient (Wildman–Crippen LogP) is -1.95. The Kier molecular flexibility index (Phi) is 5.61. The highest BCUT2D eigenvalue weighted by molar-refractivity contribution is 5.78. The van der Waals surface area contributed by atoms with Crippen LogP contribution in [0.2, 0.25) is 0 Å². The number of amides is 1. The minimum absolute atomic E-state index is 0.0830. The maximum Gasteiger partial charge on any atom is 0.247 e. The van der Waals surface area contributed by atoms with E-state index in [0.29, 0.717) is 6.54 Å². The summed E-state index contributed by atoms with van der Waals surface area (Å²) in [5, 5.41) is 20.3. The Morgan fingerprint density at radius 3 is 2.58 bits per heavy atom. The fraction of sp³-hybridized carbons (Fsp3) is 0.857. The molecule has 0 aliphatic heterocycles. The van der Waals surface area contributed by atoms with Crippen molar-refractivity contribution in [3.63, 3.8) is 0 Å². The van der Waals surface area contributed by atoms with Gasteiger partial charge in [0.2, 0.25) is 5.91 Å². The van der Waals surface area contributed by atoms with Crippen molar-refractivity contribution in [3.05, 3.63) is 0 Å². The molecule has 5 heteroatoms. The second kappa shape index (κ2) is 5.93. The number of aliphatic hydroxyl groups is 2. The van der Waals surface area contributed by atoms with Crippen LogP contribution in [0.1, 0.15) is 6.92 Å². The summed E-state index contributed by atoms with van der Waals surface area (Å²) >= 11 is 0. The maximum absolute atomic E-state index is 10.3. The third-order valence-electron chi connectivity index (χ3n) is 1.47. The third-order valence-corrected chi connectivity index (χ3v) is 1.47. The Hall–Kier alpha value is -0.650. The predicted molar refractivity (Wildman–Crippen MR) is 44.3 cm³/mol. The summed E-state index contributed by atoms with van der Waals surface area (Å²) in [6, 6.07) is 0. The third kappa shape index (κ3) is 5.06. The van der Waals surface area contributed by atoms with Gasteiger partial charge in [0, 0.05) is 19.7 Å². The zero-order valence-corrected chi connectivity index (χ0v) is 7.16. The molecule has 0 aliphatic carbocycles. The highest BCUT2D eigenvalue weighted by atomic mass is 16.3. The number of nitrogens with two attached hydrogens (primary N) is 1.